The Balaban J connectivity index is 1.74. The molecule has 0 radical (unpaired) electrons. The summed E-state index contributed by atoms with van der Waals surface area (Å²) in [5, 5.41) is 5.51. The Bertz CT molecular complexity index is 372. The van der Waals surface area contributed by atoms with Gasteiger partial charge < -0.3 is 21.1 Å². The monoisotopic (exact) mass is 235 g/mol. The van der Waals surface area contributed by atoms with Crippen LogP contribution in [-0.2, 0) is 4.74 Å². The summed E-state index contributed by atoms with van der Waals surface area (Å²) in [6, 6.07) is 6.80. The van der Waals surface area contributed by atoms with Crippen molar-refractivity contribution in [3.05, 3.63) is 24.3 Å². The number of carbonyl (C=O) groups is 1. The van der Waals surface area contributed by atoms with Crippen molar-refractivity contribution < 1.29 is 9.53 Å². The first-order chi connectivity index (χ1) is 8.24. The lowest BCUT2D eigenvalue weighted by molar-refractivity contribution is 0.112. The van der Waals surface area contributed by atoms with Gasteiger partial charge in [0.25, 0.3) is 0 Å². The molecule has 1 aromatic carbocycles. The number of anilines is 2. The maximum Gasteiger partial charge on any atom is 0.319 e. The van der Waals surface area contributed by atoms with Gasteiger partial charge in [-0.3, -0.25) is 0 Å². The van der Waals surface area contributed by atoms with Gasteiger partial charge >= 0.3 is 6.03 Å². The number of hydrogen-bond acceptors (Lipinski definition) is 3. The van der Waals surface area contributed by atoms with Crippen molar-refractivity contribution in [2.24, 2.45) is 0 Å². The average Bonchev–Trinajstić information content (AvgIpc) is 2.83. The number of rotatable bonds is 3. The van der Waals surface area contributed by atoms with Gasteiger partial charge in [-0.15, -0.1) is 0 Å². The molecule has 92 valence electrons. The molecule has 17 heavy (non-hydrogen) atoms. The van der Waals surface area contributed by atoms with Gasteiger partial charge in [0.2, 0.25) is 0 Å². The van der Waals surface area contributed by atoms with Crippen LogP contribution in [0.15, 0.2) is 24.3 Å². The van der Waals surface area contributed by atoms with E-state index < -0.39 is 0 Å². The number of urea groups is 1. The number of hydrogen-bond donors (Lipinski definition) is 3. The molecule has 5 nitrogen and oxygen atoms in total. The molecule has 1 atom stereocenters. The van der Waals surface area contributed by atoms with Crippen LogP contribution in [0.25, 0.3) is 0 Å². The summed E-state index contributed by atoms with van der Waals surface area (Å²) < 4.78 is 5.41. The smallest absolute Gasteiger partial charge is 0.319 e. The van der Waals surface area contributed by atoms with Crippen LogP contribution in [0.5, 0.6) is 0 Å². The Hall–Kier alpha value is -1.75. The normalized spacial score (nSPS) is 18.9. The fourth-order valence-electron chi connectivity index (χ4n) is 1.75. The van der Waals surface area contributed by atoms with Crippen LogP contribution in [-0.4, -0.2) is 25.3 Å². The van der Waals surface area contributed by atoms with Gasteiger partial charge in [0.1, 0.15) is 0 Å². The quantitative estimate of drug-likeness (QED) is 0.696. The molecule has 4 N–H and O–H groups in total. The maximum absolute atomic E-state index is 11.5. The van der Waals surface area contributed by atoms with Crippen molar-refractivity contribution in [2.45, 2.75) is 18.9 Å². The van der Waals surface area contributed by atoms with Crippen molar-refractivity contribution in [2.75, 3.05) is 24.2 Å². The van der Waals surface area contributed by atoms with Gasteiger partial charge in [-0.1, -0.05) is 0 Å². The summed E-state index contributed by atoms with van der Waals surface area (Å²) in [6.07, 6.45) is 2.25. The first-order valence-electron chi connectivity index (χ1n) is 5.76. The second-order valence-corrected chi connectivity index (χ2v) is 4.09. The Morgan fingerprint density at radius 1 is 1.41 bits per heavy atom. The number of nitrogens with one attached hydrogen (secondary N) is 2. The summed E-state index contributed by atoms with van der Waals surface area (Å²) in [4.78, 5) is 11.5. The molecule has 0 aromatic heterocycles. The van der Waals surface area contributed by atoms with E-state index >= 15 is 0 Å². The van der Waals surface area contributed by atoms with Crippen LogP contribution in [0.2, 0.25) is 0 Å². The predicted octanol–water partition coefficient (Wildman–Crippen LogP) is 1.57. The second-order valence-electron chi connectivity index (χ2n) is 4.09. The average molecular weight is 235 g/mol. The molecule has 1 heterocycles. The lowest BCUT2D eigenvalue weighted by atomic mass is 10.2. The summed E-state index contributed by atoms with van der Waals surface area (Å²) in [5.41, 5.74) is 6.96. The topological polar surface area (TPSA) is 76.4 Å². The van der Waals surface area contributed by atoms with E-state index in [1.165, 1.54) is 0 Å². The third kappa shape index (κ3) is 3.64. The molecule has 0 unspecified atom stereocenters. The van der Waals surface area contributed by atoms with E-state index in [4.69, 9.17) is 10.5 Å². The molecule has 1 aliphatic heterocycles. The standard InChI is InChI=1S/C12H17N3O2/c13-9-3-5-10(6-4-9)15-12(16)14-8-11-2-1-7-17-11/h3-6,11H,1-2,7-8,13H2,(H2,14,15,16)/t11-/m1/s1. The van der Waals surface area contributed by atoms with Crippen LogP contribution in [0.3, 0.4) is 0 Å². The predicted molar refractivity (Wildman–Crippen MR) is 66.8 cm³/mol. The van der Waals surface area contributed by atoms with E-state index in [1.54, 1.807) is 24.3 Å². The minimum atomic E-state index is -0.217. The summed E-state index contributed by atoms with van der Waals surface area (Å²) >= 11 is 0. The zero-order valence-corrected chi connectivity index (χ0v) is 9.61. The summed E-state index contributed by atoms with van der Waals surface area (Å²) in [5.74, 6) is 0. The zero-order valence-electron chi connectivity index (χ0n) is 9.61. The van der Waals surface area contributed by atoms with E-state index in [9.17, 15) is 4.79 Å². The van der Waals surface area contributed by atoms with Crippen LogP contribution in [0.1, 0.15) is 12.8 Å². The Morgan fingerprint density at radius 2 is 2.18 bits per heavy atom. The van der Waals surface area contributed by atoms with E-state index in [-0.39, 0.29) is 12.1 Å². The van der Waals surface area contributed by atoms with Crippen molar-refractivity contribution in [3.8, 4) is 0 Å². The molecule has 0 aliphatic carbocycles. The Kier molecular flexibility index (Phi) is 3.82. The van der Waals surface area contributed by atoms with Crippen molar-refractivity contribution in [1.29, 1.82) is 0 Å². The third-order valence-corrected chi connectivity index (χ3v) is 2.68. The molecule has 0 bridgehead atoms. The lowest BCUT2D eigenvalue weighted by Gasteiger charge is -2.11. The van der Waals surface area contributed by atoms with E-state index in [0.29, 0.717) is 12.2 Å². The minimum absolute atomic E-state index is 0.159. The minimum Gasteiger partial charge on any atom is -0.399 e. The number of amides is 2. The number of carbonyl (C=O) groups excluding carboxylic acids is 1. The Morgan fingerprint density at radius 3 is 2.82 bits per heavy atom. The van der Waals surface area contributed by atoms with Gasteiger partial charge in [0.15, 0.2) is 0 Å². The van der Waals surface area contributed by atoms with Crippen LogP contribution in [0.4, 0.5) is 16.2 Å². The zero-order chi connectivity index (χ0) is 12.1. The molecule has 1 fully saturated rings. The fourth-order valence-corrected chi connectivity index (χ4v) is 1.75. The van der Waals surface area contributed by atoms with Gasteiger partial charge in [0.05, 0.1) is 6.10 Å². The molecule has 0 saturated carbocycles. The van der Waals surface area contributed by atoms with Crippen molar-refractivity contribution >= 4 is 17.4 Å². The van der Waals surface area contributed by atoms with Gasteiger partial charge in [-0.2, -0.15) is 0 Å². The first-order valence-corrected chi connectivity index (χ1v) is 5.76. The number of nitrogens with two attached hydrogens (primary N) is 1. The van der Waals surface area contributed by atoms with Crippen LogP contribution in [0, 0.1) is 0 Å². The van der Waals surface area contributed by atoms with Gasteiger partial charge in [0, 0.05) is 24.5 Å². The van der Waals surface area contributed by atoms with E-state index in [1.807, 2.05) is 0 Å². The number of benzene rings is 1. The first kappa shape index (κ1) is 11.7. The molecule has 1 saturated heterocycles. The van der Waals surface area contributed by atoms with Gasteiger partial charge in [-0.05, 0) is 37.1 Å². The molecule has 5 heteroatoms. The van der Waals surface area contributed by atoms with E-state index in [2.05, 4.69) is 10.6 Å². The maximum atomic E-state index is 11.5. The number of nitrogen functional groups attached to an aromatic ring is 1. The fraction of sp³-hybridized carbons (Fsp3) is 0.417. The lowest BCUT2D eigenvalue weighted by Crippen LogP contribution is -2.34. The van der Waals surface area contributed by atoms with Gasteiger partial charge in [-0.25, -0.2) is 4.79 Å². The molecule has 0 spiro atoms. The molecule has 1 aliphatic rings. The summed E-state index contributed by atoms with van der Waals surface area (Å²) in [6.45, 7) is 1.35. The highest BCUT2D eigenvalue weighted by molar-refractivity contribution is 5.89. The molecule has 1 aromatic rings. The van der Waals surface area contributed by atoms with Crippen molar-refractivity contribution in [3.63, 3.8) is 0 Å². The highest BCUT2D eigenvalue weighted by atomic mass is 16.5. The molecule has 2 rings (SSSR count). The highest BCUT2D eigenvalue weighted by Crippen LogP contribution is 2.11. The molecular formula is C12H17N3O2. The number of ether oxygens (including phenoxy) is 1. The largest absolute Gasteiger partial charge is 0.399 e. The second kappa shape index (κ2) is 5.54. The molecular weight excluding hydrogens is 218 g/mol. The SMILES string of the molecule is Nc1ccc(NC(=O)NC[C@H]2CCCO2)cc1. The van der Waals surface area contributed by atoms with Crippen LogP contribution < -0.4 is 16.4 Å². The summed E-state index contributed by atoms with van der Waals surface area (Å²) in [7, 11) is 0. The van der Waals surface area contributed by atoms with E-state index in [0.717, 1.165) is 25.1 Å². The van der Waals surface area contributed by atoms with Crippen molar-refractivity contribution in [1.82, 2.24) is 5.32 Å². The Labute approximate surface area is 100 Å². The molecule has 2 amide bonds. The highest BCUT2D eigenvalue weighted by Gasteiger charge is 2.15. The third-order valence-electron chi connectivity index (χ3n) is 2.68. The van der Waals surface area contributed by atoms with Crippen LogP contribution >= 0.6 is 0 Å².